The smallest absolute Gasteiger partial charge is 0.394 e. The molecule has 1 heterocycles. The predicted octanol–water partition coefficient (Wildman–Crippen LogP) is 0.947. The van der Waals surface area contributed by atoms with Crippen molar-refractivity contribution in [3.8, 4) is 0 Å². The highest BCUT2D eigenvalue weighted by Gasteiger charge is 1.97. The molecule has 1 aromatic rings. The number of hydrogen-bond donors (Lipinski definition) is 2. The predicted molar refractivity (Wildman–Crippen MR) is 44.9 cm³/mol. The molecule has 0 unspecified atom stereocenters. The Morgan fingerprint density at radius 2 is 1.62 bits per heavy atom. The Kier molecular flexibility index (Phi) is 4.05. The SMILES string of the molecule is Cc1nc(C)c(C)o1.O=S(=O)(O)O. The Morgan fingerprint density at radius 3 is 1.69 bits per heavy atom. The summed E-state index contributed by atoms with van der Waals surface area (Å²) in [5, 5.41) is 0. The average molecular weight is 209 g/mol. The van der Waals surface area contributed by atoms with Crippen LogP contribution in [0.1, 0.15) is 17.3 Å². The van der Waals surface area contributed by atoms with E-state index in [4.69, 9.17) is 21.9 Å². The normalized spacial score (nSPS) is 10.5. The molecule has 0 saturated heterocycles. The molecular weight excluding hydrogens is 198 g/mol. The first-order chi connectivity index (χ1) is 5.70. The van der Waals surface area contributed by atoms with Crippen LogP contribution in [0.2, 0.25) is 0 Å². The van der Waals surface area contributed by atoms with Crippen molar-refractivity contribution in [3.63, 3.8) is 0 Å². The molecule has 0 aliphatic rings. The van der Waals surface area contributed by atoms with Gasteiger partial charge in [-0.3, -0.25) is 9.11 Å². The lowest BCUT2D eigenvalue weighted by molar-refractivity contribution is 0.381. The first-order valence-electron chi connectivity index (χ1n) is 3.30. The summed E-state index contributed by atoms with van der Waals surface area (Å²) < 4.78 is 36.7. The molecule has 7 heteroatoms. The molecule has 1 aromatic heterocycles. The van der Waals surface area contributed by atoms with Gasteiger partial charge in [0.1, 0.15) is 5.76 Å². The van der Waals surface area contributed by atoms with E-state index < -0.39 is 10.4 Å². The van der Waals surface area contributed by atoms with Gasteiger partial charge in [-0.15, -0.1) is 0 Å². The summed E-state index contributed by atoms with van der Waals surface area (Å²) in [7, 11) is -4.67. The van der Waals surface area contributed by atoms with Crippen LogP contribution in [0, 0.1) is 20.8 Å². The van der Waals surface area contributed by atoms with Crippen LogP contribution >= 0.6 is 0 Å². The van der Waals surface area contributed by atoms with Crippen molar-refractivity contribution in [2.75, 3.05) is 0 Å². The minimum atomic E-state index is -4.67. The number of oxazole rings is 1. The van der Waals surface area contributed by atoms with Crippen LogP contribution in [0.5, 0.6) is 0 Å². The molecule has 0 saturated carbocycles. The molecule has 76 valence electrons. The van der Waals surface area contributed by atoms with Crippen LogP contribution in [0.25, 0.3) is 0 Å². The van der Waals surface area contributed by atoms with E-state index in [0.717, 1.165) is 17.3 Å². The minimum Gasteiger partial charge on any atom is -0.446 e. The fraction of sp³-hybridized carbons (Fsp3) is 0.500. The molecule has 6 nitrogen and oxygen atoms in total. The molecule has 0 aliphatic carbocycles. The standard InChI is InChI=1S/C6H9NO.H2O4S/c1-4-5(2)8-6(3)7-4;1-5(2,3)4/h1-3H3;(H2,1,2,3,4). The lowest BCUT2D eigenvalue weighted by Gasteiger charge is -1.77. The quantitative estimate of drug-likeness (QED) is 0.617. The summed E-state index contributed by atoms with van der Waals surface area (Å²) in [4.78, 5) is 4.04. The maximum absolute atomic E-state index is 8.74. The van der Waals surface area contributed by atoms with Gasteiger partial charge in [-0.25, -0.2) is 4.98 Å². The summed E-state index contributed by atoms with van der Waals surface area (Å²) >= 11 is 0. The number of hydrogen-bond acceptors (Lipinski definition) is 4. The molecule has 0 radical (unpaired) electrons. The molecule has 0 atom stereocenters. The minimum absolute atomic E-state index is 0.750. The zero-order valence-electron chi connectivity index (χ0n) is 7.47. The zero-order chi connectivity index (χ0) is 10.6. The molecule has 0 aliphatic heterocycles. The summed E-state index contributed by atoms with van der Waals surface area (Å²) in [6.07, 6.45) is 0. The third-order valence-electron chi connectivity index (χ3n) is 1.14. The van der Waals surface area contributed by atoms with Gasteiger partial charge >= 0.3 is 10.4 Å². The maximum Gasteiger partial charge on any atom is 0.394 e. The van der Waals surface area contributed by atoms with Gasteiger partial charge in [0, 0.05) is 6.92 Å². The molecule has 0 fully saturated rings. The molecule has 1 rings (SSSR count). The second-order valence-electron chi connectivity index (χ2n) is 2.32. The van der Waals surface area contributed by atoms with Crippen LogP contribution in [0.4, 0.5) is 0 Å². The van der Waals surface area contributed by atoms with Crippen LogP contribution in [-0.2, 0) is 10.4 Å². The molecule has 0 bridgehead atoms. The summed E-state index contributed by atoms with van der Waals surface area (Å²) in [6.45, 7) is 5.70. The van der Waals surface area contributed by atoms with Crippen LogP contribution < -0.4 is 0 Å². The fourth-order valence-corrected chi connectivity index (χ4v) is 0.633. The van der Waals surface area contributed by atoms with Crippen molar-refractivity contribution >= 4 is 10.4 Å². The van der Waals surface area contributed by atoms with Gasteiger partial charge in [0.05, 0.1) is 5.69 Å². The Hall–Kier alpha value is -0.920. The number of aromatic nitrogens is 1. The molecule has 0 amide bonds. The molecule has 0 spiro atoms. The molecular formula is C6H11NO5S. The van der Waals surface area contributed by atoms with Gasteiger partial charge in [0.15, 0.2) is 5.89 Å². The lowest BCUT2D eigenvalue weighted by Crippen LogP contribution is -1.89. The van der Waals surface area contributed by atoms with Crippen molar-refractivity contribution in [2.24, 2.45) is 0 Å². The van der Waals surface area contributed by atoms with Gasteiger partial charge in [-0.1, -0.05) is 0 Å². The van der Waals surface area contributed by atoms with E-state index in [1.165, 1.54) is 0 Å². The zero-order valence-corrected chi connectivity index (χ0v) is 8.29. The van der Waals surface area contributed by atoms with Gasteiger partial charge in [-0.05, 0) is 13.8 Å². The van der Waals surface area contributed by atoms with E-state index in [0.29, 0.717) is 0 Å². The molecule has 2 N–H and O–H groups in total. The molecule has 0 aromatic carbocycles. The monoisotopic (exact) mass is 209 g/mol. The highest BCUT2D eigenvalue weighted by atomic mass is 32.3. The summed E-state index contributed by atoms with van der Waals surface area (Å²) in [6, 6.07) is 0. The Morgan fingerprint density at radius 1 is 1.23 bits per heavy atom. The Labute approximate surface area is 76.2 Å². The second kappa shape index (κ2) is 4.35. The first-order valence-corrected chi connectivity index (χ1v) is 4.70. The Balaban J connectivity index is 0.000000252. The number of aryl methyl sites for hydroxylation is 3. The van der Waals surface area contributed by atoms with E-state index >= 15 is 0 Å². The topological polar surface area (TPSA) is 101 Å². The lowest BCUT2D eigenvalue weighted by atomic mass is 10.4. The van der Waals surface area contributed by atoms with Crippen LogP contribution in [-0.4, -0.2) is 22.5 Å². The number of nitrogens with zero attached hydrogens (tertiary/aromatic N) is 1. The average Bonchev–Trinajstić information content (AvgIpc) is 2.05. The van der Waals surface area contributed by atoms with Gasteiger partial charge in [0.25, 0.3) is 0 Å². The van der Waals surface area contributed by atoms with E-state index in [-0.39, 0.29) is 0 Å². The van der Waals surface area contributed by atoms with Crippen LogP contribution in [0.15, 0.2) is 4.42 Å². The van der Waals surface area contributed by atoms with Crippen molar-refractivity contribution in [1.29, 1.82) is 0 Å². The molecule has 13 heavy (non-hydrogen) atoms. The summed E-state index contributed by atoms with van der Waals surface area (Å²) in [5.41, 5.74) is 0.988. The third-order valence-corrected chi connectivity index (χ3v) is 1.14. The summed E-state index contributed by atoms with van der Waals surface area (Å²) in [5.74, 6) is 1.67. The highest BCUT2D eigenvalue weighted by Crippen LogP contribution is 2.05. The van der Waals surface area contributed by atoms with E-state index in [1.54, 1.807) is 0 Å². The van der Waals surface area contributed by atoms with Crippen molar-refractivity contribution in [1.82, 2.24) is 4.98 Å². The second-order valence-corrected chi connectivity index (χ2v) is 3.22. The Bertz CT molecular complexity index is 339. The van der Waals surface area contributed by atoms with E-state index in [1.807, 2.05) is 20.8 Å². The van der Waals surface area contributed by atoms with E-state index in [2.05, 4.69) is 4.98 Å². The maximum atomic E-state index is 8.74. The van der Waals surface area contributed by atoms with Gasteiger partial charge in [0.2, 0.25) is 0 Å². The first kappa shape index (κ1) is 12.1. The fourth-order valence-electron chi connectivity index (χ4n) is 0.633. The van der Waals surface area contributed by atoms with Crippen molar-refractivity contribution < 1.29 is 21.9 Å². The van der Waals surface area contributed by atoms with Crippen molar-refractivity contribution in [3.05, 3.63) is 17.3 Å². The number of rotatable bonds is 0. The van der Waals surface area contributed by atoms with Gasteiger partial charge in [-0.2, -0.15) is 8.42 Å². The van der Waals surface area contributed by atoms with Gasteiger partial charge < -0.3 is 4.42 Å². The van der Waals surface area contributed by atoms with Crippen LogP contribution in [0.3, 0.4) is 0 Å². The third kappa shape index (κ3) is 7.44. The highest BCUT2D eigenvalue weighted by molar-refractivity contribution is 7.79. The van der Waals surface area contributed by atoms with Crippen molar-refractivity contribution in [2.45, 2.75) is 20.8 Å². The van der Waals surface area contributed by atoms with E-state index in [9.17, 15) is 0 Å². The largest absolute Gasteiger partial charge is 0.446 e.